The molecule has 0 amide bonds. The molecule has 0 radical (unpaired) electrons. The highest BCUT2D eigenvalue weighted by Crippen LogP contribution is 2.32. The van der Waals surface area contributed by atoms with Crippen LogP contribution < -0.4 is 10.6 Å². The molecule has 120 valence electrons. The molecule has 3 N–H and O–H groups in total. The minimum atomic E-state index is 0.343. The maximum atomic E-state index is 8.08. The summed E-state index contributed by atoms with van der Waals surface area (Å²) in [6.07, 6.45) is 4.54. The summed E-state index contributed by atoms with van der Waals surface area (Å²) in [6, 6.07) is 18.6. The number of hydrogen-bond donors (Lipinski definition) is 3. The number of rotatable bonds is 3. The third-order valence-corrected chi connectivity index (χ3v) is 4.68. The molecule has 3 rings (SSSR count). The SMILES string of the molecule is N=C(Nc1cccc(Cl)c1)N[C@H]1CC[C@@H](c2ccccc2)CC1. The molecule has 0 bridgehead atoms. The Balaban J connectivity index is 1.48. The molecule has 23 heavy (non-hydrogen) atoms. The molecular formula is C19H22ClN3. The molecule has 0 heterocycles. The van der Waals surface area contributed by atoms with E-state index in [4.69, 9.17) is 17.0 Å². The second-order valence-corrected chi connectivity index (χ2v) is 6.55. The molecule has 1 aliphatic rings. The van der Waals surface area contributed by atoms with E-state index in [1.807, 2.05) is 24.3 Å². The van der Waals surface area contributed by atoms with Gasteiger partial charge in [0.05, 0.1) is 0 Å². The molecular weight excluding hydrogens is 306 g/mol. The van der Waals surface area contributed by atoms with Crippen molar-refractivity contribution in [2.45, 2.75) is 37.6 Å². The zero-order valence-electron chi connectivity index (χ0n) is 13.1. The molecule has 0 unspecified atom stereocenters. The van der Waals surface area contributed by atoms with Gasteiger partial charge in [0.25, 0.3) is 0 Å². The third kappa shape index (κ3) is 4.49. The van der Waals surface area contributed by atoms with E-state index >= 15 is 0 Å². The Morgan fingerprint density at radius 2 is 1.70 bits per heavy atom. The van der Waals surface area contributed by atoms with E-state index in [1.165, 1.54) is 18.4 Å². The lowest BCUT2D eigenvalue weighted by Gasteiger charge is -2.30. The van der Waals surface area contributed by atoms with Crippen LogP contribution in [0.1, 0.15) is 37.2 Å². The topological polar surface area (TPSA) is 47.9 Å². The van der Waals surface area contributed by atoms with Gasteiger partial charge in [0.1, 0.15) is 0 Å². The molecule has 0 spiro atoms. The fourth-order valence-electron chi connectivity index (χ4n) is 3.25. The van der Waals surface area contributed by atoms with Crippen molar-refractivity contribution in [2.75, 3.05) is 5.32 Å². The largest absolute Gasteiger partial charge is 0.354 e. The van der Waals surface area contributed by atoms with E-state index in [2.05, 4.69) is 41.0 Å². The molecule has 1 saturated carbocycles. The Hall–Kier alpha value is -2.00. The van der Waals surface area contributed by atoms with Crippen LogP contribution in [0.5, 0.6) is 0 Å². The molecule has 0 atom stereocenters. The molecule has 1 fully saturated rings. The maximum absolute atomic E-state index is 8.08. The average Bonchev–Trinajstić information content (AvgIpc) is 2.56. The Labute approximate surface area is 142 Å². The summed E-state index contributed by atoms with van der Waals surface area (Å²) in [7, 11) is 0. The predicted octanol–water partition coefficient (Wildman–Crippen LogP) is 5.00. The van der Waals surface area contributed by atoms with Crippen molar-refractivity contribution in [3.8, 4) is 0 Å². The number of halogens is 1. The molecule has 0 aliphatic heterocycles. The monoisotopic (exact) mass is 327 g/mol. The number of hydrogen-bond acceptors (Lipinski definition) is 1. The summed E-state index contributed by atoms with van der Waals surface area (Å²) in [6.45, 7) is 0. The van der Waals surface area contributed by atoms with Crippen LogP contribution in [0.2, 0.25) is 5.02 Å². The van der Waals surface area contributed by atoms with Gasteiger partial charge < -0.3 is 10.6 Å². The Kier molecular flexibility index (Phi) is 5.19. The predicted molar refractivity (Wildman–Crippen MR) is 97.4 cm³/mol. The molecule has 4 heteroatoms. The van der Waals surface area contributed by atoms with Gasteiger partial charge in [-0.15, -0.1) is 0 Å². The number of nitrogens with one attached hydrogen (secondary N) is 3. The first-order valence-corrected chi connectivity index (χ1v) is 8.51. The van der Waals surface area contributed by atoms with Gasteiger partial charge in [-0.2, -0.15) is 0 Å². The van der Waals surface area contributed by atoms with Crippen LogP contribution in [0.3, 0.4) is 0 Å². The smallest absolute Gasteiger partial charge is 0.193 e. The van der Waals surface area contributed by atoms with E-state index in [1.54, 1.807) is 0 Å². The first-order valence-electron chi connectivity index (χ1n) is 8.13. The minimum absolute atomic E-state index is 0.343. The fraction of sp³-hybridized carbons (Fsp3) is 0.316. The summed E-state index contributed by atoms with van der Waals surface area (Å²) in [5, 5.41) is 15.1. The fourth-order valence-corrected chi connectivity index (χ4v) is 3.44. The quantitative estimate of drug-likeness (QED) is 0.548. The molecule has 2 aromatic carbocycles. The second kappa shape index (κ2) is 7.51. The highest BCUT2D eigenvalue weighted by Gasteiger charge is 2.22. The van der Waals surface area contributed by atoms with Crippen LogP contribution in [-0.4, -0.2) is 12.0 Å². The Morgan fingerprint density at radius 1 is 0.957 bits per heavy atom. The van der Waals surface area contributed by atoms with E-state index < -0.39 is 0 Å². The van der Waals surface area contributed by atoms with Crippen LogP contribution in [0.4, 0.5) is 5.69 Å². The van der Waals surface area contributed by atoms with Gasteiger partial charge in [-0.3, -0.25) is 5.41 Å². The summed E-state index contributed by atoms with van der Waals surface area (Å²) in [5.41, 5.74) is 2.28. The van der Waals surface area contributed by atoms with Crippen molar-refractivity contribution >= 4 is 23.2 Å². The number of anilines is 1. The van der Waals surface area contributed by atoms with Crippen LogP contribution in [0.25, 0.3) is 0 Å². The minimum Gasteiger partial charge on any atom is -0.354 e. The zero-order valence-corrected chi connectivity index (χ0v) is 13.8. The second-order valence-electron chi connectivity index (χ2n) is 6.11. The summed E-state index contributed by atoms with van der Waals surface area (Å²) < 4.78 is 0. The van der Waals surface area contributed by atoms with Crippen molar-refractivity contribution in [3.05, 3.63) is 65.2 Å². The molecule has 3 nitrogen and oxygen atoms in total. The molecule has 0 aromatic heterocycles. The lowest BCUT2D eigenvalue weighted by Crippen LogP contribution is -2.40. The van der Waals surface area contributed by atoms with Gasteiger partial charge in [-0.1, -0.05) is 48.0 Å². The van der Waals surface area contributed by atoms with Crippen LogP contribution >= 0.6 is 11.6 Å². The van der Waals surface area contributed by atoms with Gasteiger partial charge in [0, 0.05) is 16.8 Å². The normalized spacial score (nSPS) is 20.7. The number of benzene rings is 2. The van der Waals surface area contributed by atoms with Gasteiger partial charge in [0.15, 0.2) is 5.96 Å². The number of guanidine groups is 1. The van der Waals surface area contributed by atoms with E-state index in [-0.39, 0.29) is 0 Å². The first kappa shape index (κ1) is 15.9. The lowest BCUT2D eigenvalue weighted by atomic mass is 9.82. The average molecular weight is 328 g/mol. The Bertz CT molecular complexity index is 649. The molecule has 0 saturated heterocycles. The van der Waals surface area contributed by atoms with Gasteiger partial charge in [-0.05, 0) is 55.4 Å². The van der Waals surface area contributed by atoms with Crippen molar-refractivity contribution in [2.24, 2.45) is 0 Å². The molecule has 1 aliphatic carbocycles. The third-order valence-electron chi connectivity index (χ3n) is 4.44. The van der Waals surface area contributed by atoms with Gasteiger partial charge >= 0.3 is 0 Å². The zero-order chi connectivity index (χ0) is 16.1. The maximum Gasteiger partial charge on any atom is 0.193 e. The van der Waals surface area contributed by atoms with Crippen LogP contribution in [0, 0.1) is 5.41 Å². The van der Waals surface area contributed by atoms with Crippen molar-refractivity contribution < 1.29 is 0 Å². The van der Waals surface area contributed by atoms with Crippen LogP contribution in [-0.2, 0) is 0 Å². The summed E-state index contributed by atoms with van der Waals surface area (Å²) in [4.78, 5) is 0. The first-order chi connectivity index (χ1) is 11.2. The van der Waals surface area contributed by atoms with E-state index in [0.29, 0.717) is 22.9 Å². The van der Waals surface area contributed by atoms with Crippen molar-refractivity contribution in [1.29, 1.82) is 5.41 Å². The van der Waals surface area contributed by atoms with E-state index in [9.17, 15) is 0 Å². The van der Waals surface area contributed by atoms with Crippen molar-refractivity contribution in [1.82, 2.24) is 5.32 Å². The molecule has 2 aromatic rings. The van der Waals surface area contributed by atoms with Gasteiger partial charge in [0.2, 0.25) is 0 Å². The highest BCUT2D eigenvalue weighted by atomic mass is 35.5. The van der Waals surface area contributed by atoms with E-state index in [0.717, 1.165) is 18.5 Å². The Morgan fingerprint density at radius 3 is 2.39 bits per heavy atom. The summed E-state index contributed by atoms with van der Waals surface area (Å²) >= 11 is 5.96. The van der Waals surface area contributed by atoms with Crippen molar-refractivity contribution in [3.63, 3.8) is 0 Å². The van der Waals surface area contributed by atoms with Gasteiger partial charge in [-0.25, -0.2) is 0 Å². The van der Waals surface area contributed by atoms with Crippen LogP contribution in [0.15, 0.2) is 54.6 Å². The summed E-state index contributed by atoms with van der Waals surface area (Å²) in [5.74, 6) is 1.000. The highest BCUT2D eigenvalue weighted by molar-refractivity contribution is 6.30. The standard InChI is InChI=1S/C19H22ClN3/c20-16-7-4-8-18(13-16)23-19(21)22-17-11-9-15(10-12-17)14-5-2-1-3-6-14/h1-8,13,15,17H,9-12H2,(H3,21,22,23)/t15-,17+. The lowest BCUT2D eigenvalue weighted by molar-refractivity contribution is 0.373.